The summed E-state index contributed by atoms with van der Waals surface area (Å²) in [5.41, 5.74) is 0. The van der Waals surface area contributed by atoms with Crippen LogP contribution in [-0.4, -0.2) is 47.7 Å². The Kier molecular flexibility index (Phi) is 4.08. The van der Waals surface area contributed by atoms with Crippen molar-refractivity contribution >= 4 is 11.9 Å². The molecule has 0 aliphatic carbocycles. The van der Waals surface area contributed by atoms with E-state index in [-0.39, 0.29) is 24.3 Å². The van der Waals surface area contributed by atoms with Crippen LogP contribution in [0.15, 0.2) is 0 Å². The topological polar surface area (TPSA) is 66.8 Å². The van der Waals surface area contributed by atoms with E-state index in [2.05, 4.69) is 0 Å². The van der Waals surface area contributed by atoms with E-state index in [4.69, 9.17) is 9.84 Å². The minimum atomic E-state index is -0.890. The Morgan fingerprint density at radius 2 is 2.20 bits per heavy atom. The molecule has 0 saturated carbocycles. The third-order valence-corrected chi connectivity index (χ3v) is 2.35. The van der Waals surface area contributed by atoms with E-state index in [0.717, 1.165) is 0 Å². The summed E-state index contributed by atoms with van der Waals surface area (Å²) in [7, 11) is 0. The maximum absolute atomic E-state index is 11.7. The van der Waals surface area contributed by atoms with Crippen molar-refractivity contribution < 1.29 is 19.4 Å². The second-order valence-electron chi connectivity index (χ2n) is 4.03. The van der Waals surface area contributed by atoms with Crippen LogP contribution < -0.4 is 0 Å². The summed E-state index contributed by atoms with van der Waals surface area (Å²) in [4.78, 5) is 23.8. The Balaban J connectivity index is 2.48. The average Bonchev–Trinajstić information content (AvgIpc) is 2.16. The quantitative estimate of drug-likeness (QED) is 0.737. The van der Waals surface area contributed by atoms with Crippen molar-refractivity contribution in [2.75, 3.05) is 19.7 Å². The van der Waals surface area contributed by atoms with Gasteiger partial charge in [-0.3, -0.25) is 9.59 Å². The standard InChI is InChI=1S/C10H17NO4/c1-7(2)10(14)11-3-4-15-8(6-11)5-9(12)13/h7-8H,3-6H2,1-2H3,(H,12,13). The lowest BCUT2D eigenvalue weighted by Gasteiger charge is -2.33. The first-order valence-corrected chi connectivity index (χ1v) is 5.13. The van der Waals surface area contributed by atoms with E-state index >= 15 is 0 Å². The molecule has 0 aromatic carbocycles. The zero-order valence-electron chi connectivity index (χ0n) is 9.10. The van der Waals surface area contributed by atoms with Gasteiger partial charge >= 0.3 is 5.97 Å². The number of aliphatic carboxylic acids is 1. The van der Waals surface area contributed by atoms with Gasteiger partial charge in [0.05, 0.1) is 19.1 Å². The van der Waals surface area contributed by atoms with Crippen molar-refractivity contribution in [3.8, 4) is 0 Å². The van der Waals surface area contributed by atoms with E-state index in [1.165, 1.54) is 0 Å². The van der Waals surface area contributed by atoms with Crippen molar-refractivity contribution in [1.29, 1.82) is 0 Å². The lowest BCUT2D eigenvalue weighted by Crippen LogP contribution is -2.47. The second-order valence-corrected chi connectivity index (χ2v) is 4.03. The molecule has 0 aromatic heterocycles. The minimum absolute atomic E-state index is 0.0398. The summed E-state index contributed by atoms with van der Waals surface area (Å²) in [5, 5.41) is 8.62. The third-order valence-electron chi connectivity index (χ3n) is 2.35. The molecule has 5 heteroatoms. The van der Waals surface area contributed by atoms with Crippen molar-refractivity contribution in [2.45, 2.75) is 26.4 Å². The lowest BCUT2D eigenvalue weighted by atomic mass is 10.1. The summed E-state index contributed by atoms with van der Waals surface area (Å²) < 4.78 is 5.27. The molecule has 1 amide bonds. The molecule has 0 bridgehead atoms. The third kappa shape index (κ3) is 3.51. The molecule has 1 saturated heterocycles. The number of ether oxygens (including phenoxy) is 1. The summed E-state index contributed by atoms with van der Waals surface area (Å²) in [6.45, 7) is 5.06. The van der Waals surface area contributed by atoms with E-state index < -0.39 is 5.97 Å². The van der Waals surface area contributed by atoms with Gasteiger partial charge in [0.1, 0.15) is 0 Å². The number of carboxylic acid groups (broad SMARTS) is 1. The van der Waals surface area contributed by atoms with Gasteiger partial charge in [0.2, 0.25) is 5.91 Å². The van der Waals surface area contributed by atoms with Gasteiger partial charge < -0.3 is 14.7 Å². The number of hydrogen-bond acceptors (Lipinski definition) is 3. The highest BCUT2D eigenvalue weighted by Gasteiger charge is 2.26. The van der Waals surface area contributed by atoms with Gasteiger partial charge in [-0.25, -0.2) is 0 Å². The molecule has 1 fully saturated rings. The fraction of sp³-hybridized carbons (Fsp3) is 0.800. The van der Waals surface area contributed by atoms with E-state index in [1.54, 1.807) is 4.90 Å². The highest BCUT2D eigenvalue weighted by Crippen LogP contribution is 2.11. The fourth-order valence-electron chi connectivity index (χ4n) is 1.60. The number of carbonyl (C=O) groups excluding carboxylic acids is 1. The SMILES string of the molecule is CC(C)C(=O)N1CCOC(CC(=O)O)C1. The lowest BCUT2D eigenvalue weighted by molar-refractivity contribution is -0.149. The Morgan fingerprint density at radius 1 is 1.53 bits per heavy atom. The molecule has 0 spiro atoms. The first kappa shape index (κ1) is 12.0. The van der Waals surface area contributed by atoms with E-state index in [1.807, 2.05) is 13.8 Å². The first-order valence-electron chi connectivity index (χ1n) is 5.13. The van der Waals surface area contributed by atoms with Crippen molar-refractivity contribution in [3.05, 3.63) is 0 Å². The van der Waals surface area contributed by atoms with Crippen LogP contribution in [0.4, 0.5) is 0 Å². The molecule has 1 unspecified atom stereocenters. The van der Waals surface area contributed by atoms with Gasteiger partial charge in [0, 0.05) is 19.0 Å². The van der Waals surface area contributed by atoms with Crippen LogP contribution in [-0.2, 0) is 14.3 Å². The molecule has 0 radical (unpaired) electrons. The molecular formula is C10H17NO4. The Bertz CT molecular complexity index is 252. The first-order chi connectivity index (χ1) is 7.00. The van der Waals surface area contributed by atoms with Crippen LogP contribution in [0, 0.1) is 5.92 Å². The highest BCUT2D eigenvalue weighted by atomic mass is 16.5. The van der Waals surface area contributed by atoms with Crippen LogP contribution >= 0.6 is 0 Å². The Morgan fingerprint density at radius 3 is 2.73 bits per heavy atom. The number of hydrogen-bond donors (Lipinski definition) is 1. The van der Waals surface area contributed by atoms with Gasteiger partial charge in [-0.1, -0.05) is 13.8 Å². The highest BCUT2D eigenvalue weighted by molar-refractivity contribution is 5.78. The fourth-order valence-corrected chi connectivity index (χ4v) is 1.60. The van der Waals surface area contributed by atoms with Gasteiger partial charge in [0.15, 0.2) is 0 Å². The molecule has 1 atom stereocenters. The summed E-state index contributed by atoms with van der Waals surface area (Å²) in [5.74, 6) is -0.874. The minimum Gasteiger partial charge on any atom is -0.481 e. The van der Waals surface area contributed by atoms with Crippen molar-refractivity contribution in [1.82, 2.24) is 4.90 Å². The molecule has 1 rings (SSSR count). The van der Waals surface area contributed by atoms with Crippen molar-refractivity contribution in [3.63, 3.8) is 0 Å². The zero-order valence-corrected chi connectivity index (χ0v) is 9.10. The summed E-state index contributed by atoms with van der Waals surface area (Å²) >= 11 is 0. The van der Waals surface area contributed by atoms with Gasteiger partial charge in [-0.15, -0.1) is 0 Å². The molecule has 1 N–H and O–H groups in total. The van der Waals surface area contributed by atoms with Crippen LogP contribution in [0.2, 0.25) is 0 Å². The summed E-state index contributed by atoms with van der Waals surface area (Å²) in [6.07, 6.45) is -0.402. The molecule has 86 valence electrons. The second kappa shape index (κ2) is 5.11. The smallest absolute Gasteiger partial charge is 0.306 e. The molecule has 1 aliphatic heterocycles. The van der Waals surface area contributed by atoms with Gasteiger partial charge in [-0.2, -0.15) is 0 Å². The number of amides is 1. The molecule has 5 nitrogen and oxygen atoms in total. The van der Waals surface area contributed by atoms with E-state index in [9.17, 15) is 9.59 Å². The van der Waals surface area contributed by atoms with Gasteiger partial charge in [0.25, 0.3) is 0 Å². The normalized spacial score (nSPS) is 21.8. The maximum Gasteiger partial charge on any atom is 0.306 e. The summed E-state index contributed by atoms with van der Waals surface area (Å²) in [6, 6.07) is 0. The molecule has 1 aliphatic rings. The van der Waals surface area contributed by atoms with Crippen LogP contribution in [0.1, 0.15) is 20.3 Å². The Labute approximate surface area is 89.0 Å². The molecule has 1 heterocycles. The Hall–Kier alpha value is -1.10. The number of rotatable bonds is 3. The molecule has 0 aromatic rings. The zero-order chi connectivity index (χ0) is 11.4. The van der Waals surface area contributed by atoms with Crippen molar-refractivity contribution in [2.24, 2.45) is 5.92 Å². The largest absolute Gasteiger partial charge is 0.481 e. The van der Waals surface area contributed by atoms with Crippen LogP contribution in [0.3, 0.4) is 0 Å². The molecular weight excluding hydrogens is 198 g/mol. The van der Waals surface area contributed by atoms with Crippen LogP contribution in [0.5, 0.6) is 0 Å². The number of nitrogens with zero attached hydrogens (tertiary/aromatic N) is 1. The van der Waals surface area contributed by atoms with E-state index in [0.29, 0.717) is 19.7 Å². The maximum atomic E-state index is 11.7. The van der Waals surface area contributed by atoms with Crippen LogP contribution in [0.25, 0.3) is 0 Å². The molecule has 15 heavy (non-hydrogen) atoms. The number of carboxylic acids is 1. The monoisotopic (exact) mass is 215 g/mol. The van der Waals surface area contributed by atoms with Gasteiger partial charge in [-0.05, 0) is 0 Å². The predicted molar refractivity (Wildman–Crippen MR) is 53.4 cm³/mol. The predicted octanol–water partition coefficient (Wildman–Crippen LogP) is 0.344. The number of carbonyl (C=O) groups is 2. The number of morpholine rings is 1. The average molecular weight is 215 g/mol.